The maximum atomic E-state index is 11.7. The zero-order chi connectivity index (χ0) is 13.5. The van der Waals surface area contributed by atoms with E-state index in [1.165, 1.54) is 12.8 Å². The molecule has 2 N–H and O–H groups in total. The molecule has 2 rings (SSSR count). The SMILES string of the molecule is COc1ccc(NC(=O)CNOC2CCCC2)cc1. The van der Waals surface area contributed by atoms with Crippen molar-refractivity contribution in [1.82, 2.24) is 5.48 Å². The molecule has 0 heterocycles. The third-order valence-corrected chi connectivity index (χ3v) is 3.16. The molecule has 1 aliphatic carbocycles. The highest BCUT2D eigenvalue weighted by Crippen LogP contribution is 2.19. The average molecular weight is 264 g/mol. The Morgan fingerprint density at radius 2 is 1.95 bits per heavy atom. The summed E-state index contributed by atoms with van der Waals surface area (Å²) in [5, 5.41) is 2.78. The van der Waals surface area contributed by atoms with Gasteiger partial charge in [0, 0.05) is 5.69 Å². The number of hydrogen-bond acceptors (Lipinski definition) is 4. The molecule has 104 valence electrons. The van der Waals surface area contributed by atoms with E-state index >= 15 is 0 Å². The minimum Gasteiger partial charge on any atom is -0.497 e. The molecule has 0 aliphatic heterocycles. The Morgan fingerprint density at radius 1 is 1.26 bits per heavy atom. The number of methoxy groups -OCH3 is 1. The van der Waals surface area contributed by atoms with E-state index in [1.54, 1.807) is 31.4 Å². The average Bonchev–Trinajstić information content (AvgIpc) is 2.93. The molecule has 0 spiro atoms. The highest BCUT2D eigenvalue weighted by atomic mass is 16.7. The first-order valence-corrected chi connectivity index (χ1v) is 6.60. The highest BCUT2D eigenvalue weighted by Gasteiger charge is 2.15. The van der Waals surface area contributed by atoms with Crippen LogP contribution in [0, 0.1) is 0 Å². The summed E-state index contributed by atoms with van der Waals surface area (Å²) in [6, 6.07) is 7.21. The van der Waals surface area contributed by atoms with Crippen LogP contribution in [0.15, 0.2) is 24.3 Å². The molecule has 0 aromatic heterocycles. The lowest BCUT2D eigenvalue weighted by atomic mass is 10.3. The minimum absolute atomic E-state index is 0.122. The number of carbonyl (C=O) groups is 1. The molecule has 0 bridgehead atoms. The molecule has 5 heteroatoms. The van der Waals surface area contributed by atoms with Crippen LogP contribution in [0.3, 0.4) is 0 Å². The van der Waals surface area contributed by atoms with Gasteiger partial charge in [-0.3, -0.25) is 9.63 Å². The summed E-state index contributed by atoms with van der Waals surface area (Å²) in [5.74, 6) is 0.642. The topological polar surface area (TPSA) is 59.6 Å². The molecule has 0 atom stereocenters. The predicted molar refractivity (Wildman–Crippen MR) is 73.0 cm³/mol. The number of benzene rings is 1. The normalized spacial score (nSPS) is 15.4. The van der Waals surface area contributed by atoms with Crippen molar-refractivity contribution < 1.29 is 14.4 Å². The van der Waals surface area contributed by atoms with Gasteiger partial charge in [0.05, 0.1) is 13.2 Å². The van der Waals surface area contributed by atoms with Gasteiger partial charge in [-0.2, -0.15) is 5.48 Å². The fourth-order valence-corrected chi connectivity index (χ4v) is 2.11. The first kappa shape index (κ1) is 13.8. The third-order valence-electron chi connectivity index (χ3n) is 3.16. The monoisotopic (exact) mass is 264 g/mol. The summed E-state index contributed by atoms with van der Waals surface area (Å²) in [6.45, 7) is 0.155. The number of nitrogens with one attached hydrogen (secondary N) is 2. The molecular weight excluding hydrogens is 244 g/mol. The van der Waals surface area contributed by atoms with Gasteiger partial charge >= 0.3 is 0 Å². The number of hydroxylamine groups is 1. The maximum Gasteiger partial charge on any atom is 0.240 e. The molecule has 5 nitrogen and oxygen atoms in total. The number of carbonyl (C=O) groups excluding carboxylic acids is 1. The first-order valence-electron chi connectivity index (χ1n) is 6.60. The summed E-state index contributed by atoms with van der Waals surface area (Å²) < 4.78 is 5.05. The molecule has 1 amide bonds. The first-order chi connectivity index (χ1) is 9.28. The molecule has 0 radical (unpaired) electrons. The van der Waals surface area contributed by atoms with Crippen LogP contribution in [0.2, 0.25) is 0 Å². The molecule has 1 aromatic rings. The fraction of sp³-hybridized carbons (Fsp3) is 0.500. The van der Waals surface area contributed by atoms with Gasteiger partial charge in [0.2, 0.25) is 5.91 Å². The van der Waals surface area contributed by atoms with Gasteiger partial charge in [-0.1, -0.05) is 12.8 Å². The summed E-state index contributed by atoms with van der Waals surface area (Å²) in [6.07, 6.45) is 4.84. The van der Waals surface area contributed by atoms with Crippen molar-refractivity contribution in [2.75, 3.05) is 19.0 Å². The van der Waals surface area contributed by atoms with E-state index in [1.807, 2.05) is 0 Å². The predicted octanol–water partition coefficient (Wildman–Crippen LogP) is 2.10. The Hall–Kier alpha value is -1.59. The number of hydrogen-bond donors (Lipinski definition) is 2. The molecule has 19 heavy (non-hydrogen) atoms. The Bertz CT molecular complexity index is 400. The summed E-state index contributed by atoms with van der Waals surface area (Å²) >= 11 is 0. The zero-order valence-electron chi connectivity index (χ0n) is 11.1. The van der Waals surface area contributed by atoms with Crippen LogP contribution in [0.1, 0.15) is 25.7 Å². The van der Waals surface area contributed by atoms with Gasteiger partial charge in [0.15, 0.2) is 0 Å². The van der Waals surface area contributed by atoms with E-state index in [4.69, 9.17) is 9.57 Å². The summed E-state index contributed by atoms with van der Waals surface area (Å²) in [7, 11) is 1.61. The molecule has 1 fully saturated rings. The van der Waals surface area contributed by atoms with Crippen LogP contribution >= 0.6 is 0 Å². The van der Waals surface area contributed by atoms with Crippen LogP contribution < -0.4 is 15.5 Å². The van der Waals surface area contributed by atoms with E-state index in [0.29, 0.717) is 0 Å². The van der Waals surface area contributed by atoms with Crippen LogP contribution in [0.5, 0.6) is 5.75 Å². The molecule has 0 unspecified atom stereocenters. The zero-order valence-corrected chi connectivity index (χ0v) is 11.1. The second-order valence-electron chi connectivity index (χ2n) is 4.62. The fourth-order valence-electron chi connectivity index (χ4n) is 2.11. The van der Waals surface area contributed by atoms with Gasteiger partial charge in [-0.05, 0) is 37.1 Å². The van der Waals surface area contributed by atoms with E-state index in [0.717, 1.165) is 24.3 Å². The molecule has 1 aliphatic rings. The van der Waals surface area contributed by atoms with Gasteiger partial charge in [-0.25, -0.2) is 0 Å². The van der Waals surface area contributed by atoms with Crippen LogP contribution in [0.4, 0.5) is 5.69 Å². The van der Waals surface area contributed by atoms with Gasteiger partial charge < -0.3 is 10.1 Å². The molecule has 1 aromatic carbocycles. The quantitative estimate of drug-likeness (QED) is 0.772. The maximum absolute atomic E-state index is 11.7. The molecule has 0 saturated heterocycles. The van der Waals surface area contributed by atoms with Gasteiger partial charge in [0.1, 0.15) is 12.3 Å². The summed E-state index contributed by atoms with van der Waals surface area (Å²) in [5.41, 5.74) is 3.48. The van der Waals surface area contributed by atoms with Crippen LogP contribution in [-0.2, 0) is 9.63 Å². The van der Waals surface area contributed by atoms with Crippen molar-refractivity contribution in [1.29, 1.82) is 0 Å². The smallest absolute Gasteiger partial charge is 0.240 e. The third kappa shape index (κ3) is 4.54. The standard InChI is InChI=1S/C14H20N2O3/c1-18-12-8-6-11(7-9-12)16-14(17)10-15-19-13-4-2-3-5-13/h6-9,13,15H,2-5,10H2,1H3,(H,16,17). The van der Waals surface area contributed by atoms with Crippen molar-refractivity contribution in [2.45, 2.75) is 31.8 Å². The number of rotatable bonds is 6. The number of ether oxygens (including phenoxy) is 1. The van der Waals surface area contributed by atoms with Crippen LogP contribution in [0.25, 0.3) is 0 Å². The number of amides is 1. The highest BCUT2D eigenvalue weighted by molar-refractivity contribution is 5.92. The van der Waals surface area contributed by atoms with Crippen molar-refractivity contribution in [2.24, 2.45) is 0 Å². The van der Waals surface area contributed by atoms with Crippen molar-refractivity contribution >= 4 is 11.6 Å². The summed E-state index contributed by atoms with van der Waals surface area (Å²) in [4.78, 5) is 17.1. The van der Waals surface area contributed by atoms with E-state index in [9.17, 15) is 4.79 Å². The van der Waals surface area contributed by atoms with Crippen molar-refractivity contribution in [3.63, 3.8) is 0 Å². The van der Waals surface area contributed by atoms with Crippen molar-refractivity contribution in [3.8, 4) is 5.75 Å². The lowest BCUT2D eigenvalue weighted by Gasteiger charge is -2.11. The van der Waals surface area contributed by atoms with Gasteiger partial charge in [0.25, 0.3) is 0 Å². The van der Waals surface area contributed by atoms with Crippen LogP contribution in [-0.4, -0.2) is 25.7 Å². The Balaban J connectivity index is 1.68. The Kier molecular flexibility index (Phi) is 5.18. The Labute approximate surface area is 113 Å². The minimum atomic E-state index is -0.122. The van der Waals surface area contributed by atoms with E-state index in [-0.39, 0.29) is 18.6 Å². The lowest BCUT2D eigenvalue weighted by molar-refractivity contribution is -0.119. The second-order valence-corrected chi connectivity index (χ2v) is 4.62. The second kappa shape index (κ2) is 7.11. The largest absolute Gasteiger partial charge is 0.497 e. The molecule has 1 saturated carbocycles. The van der Waals surface area contributed by atoms with E-state index < -0.39 is 0 Å². The molecular formula is C14H20N2O3. The van der Waals surface area contributed by atoms with E-state index in [2.05, 4.69) is 10.8 Å². The van der Waals surface area contributed by atoms with Crippen molar-refractivity contribution in [3.05, 3.63) is 24.3 Å². The number of anilines is 1. The van der Waals surface area contributed by atoms with Gasteiger partial charge in [-0.15, -0.1) is 0 Å². The Morgan fingerprint density at radius 3 is 2.58 bits per heavy atom. The lowest BCUT2D eigenvalue weighted by Crippen LogP contribution is -2.31.